The Morgan fingerprint density at radius 1 is 1.38 bits per heavy atom. The van der Waals surface area contributed by atoms with Gasteiger partial charge in [0.25, 0.3) is 5.91 Å². The molecular weight excluding hydrogens is 164 g/mol. The van der Waals surface area contributed by atoms with Gasteiger partial charge in [-0.3, -0.25) is 4.79 Å². The summed E-state index contributed by atoms with van der Waals surface area (Å²) in [5, 5.41) is 2.80. The molecule has 1 amide bonds. The fourth-order valence-electron chi connectivity index (χ4n) is 1.83. The van der Waals surface area contributed by atoms with Gasteiger partial charge < -0.3 is 9.72 Å². The van der Waals surface area contributed by atoms with E-state index in [0.717, 1.165) is 16.8 Å². The Kier molecular flexibility index (Phi) is 1.10. The molecule has 0 saturated carbocycles. The summed E-state index contributed by atoms with van der Waals surface area (Å²) in [7, 11) is 0. The van der Waals surface area contributed by atoms with Crippen molar-refractivity contribution in [3.05, 3.63) is 41.7 Å². The Morgan fingerprint density at radius 3 is 3.23 bits per heavy atom. The average Bonchev–Trinajstić information content (AvgIpc) is 2.66. The van der Waals surface area contributed by atoms with E-state index in [-0.39, 0.29) is 5.91 Å². The van der Waals surface area contributed by atoms with Crippen LogP contribution in [-0.4, -0.2) is 10.3 Å². The molecule has 3 heterocycles. The van der Waals surface area contributed by atoms with Crippen molar-refractivity contribution in [3.63, 3.8) is 0 Å². The molecule has 0 unspecified atom stereocenters. The summed E-state index contributed by atoms with van der Waals surface area (Å²) in [6.45, 7) is 0.663. The van der Waals surface area contributed by atoms with Crippen molar-refractivity contribution < 1.29 is 4.79 Å². The molecule has 0 saturated heterocycles. The molecule has 1 aliphatic rings. The number of nitrogens with zero attached hydrogens (tertiary/aromatic N) is 1. The van der Waals surface area contributed by atoms with E-state index in [4.69, 9.17) is 0 Å². The average molecular weight is 172 g/mol. The van der Waals surface area contributed by atoms with E-state index in [2.05, 4.69) is 5.32 Å². The molecule has 3 heteroatoms. The van der Waals surface area contributed by atoms with Gasteiger partial charge in [-0.05, 0) is 18.2 Å². The molecule has 1 aliphatic heterocycles. The number of carbonyl (C=O) groups is 1. The maximum absolute atomic E-state index is 11.4. The summed E-state index contributed by atoms with van der Waals surface area (Å²) in [4.78, 5) is 11.4. The summed E-state index contributed by atoms with van der Waals surface area (Å²) < 4.78 is 1.93. The Bertz CT molecular complexity index is 499. The smallest absolute Gasteiger partial charge is 0.268 e. The molecule has 2 aromatic heterocycles. The van der Waals surface area contributed by atoms with Crippen LogP contribution in [0.5, 0.6) is 0 Å². The van der Waals surface area contributed by atoms with Gasteiger partial charge in [-0.1, -0.05) is 6.07 Å². The van der Waals surface area contributed by atoms with Crippen LogP contribution in [0.2, 0.25) is 0 Å². The van der Waals surface area contributed by atoms with Crippen LogP contribution in [-0.2, 0) is 6.54 Å². The maximum Gasteiger partial charge on any atom is 0.268 e. The zero-order valence-electron chi connectivity index (χ0n) is 6.95. The highest BCUT2D eigenvalue weighted by atomic mass is 16.2. The standard InChI is InChI=1S/C10H8N2O/c13-10-9-7(6-11-10)5-8-3-1-2-4-12(8)9/h1-5H,6H2,(H,11,13). The molecule has 0 aromatic carbocycles. The van der Waals surface area contributed by atoms with Crippen molar-refractivity contribution in [3.8, 4) is 0 Å². The van der Waals surface area contributed by atoms with Crippen LogP contribution in [0.4, 0.5) is 0 Å². The normalized spacial score (nSPS) is 14.6. The first-order valence-electron chi connectivity index (χ1n) is 4.23. The second-order valence-electron chi connectivity index (χ2n) is 3.20. The van der Waals surface area contributed by atoms with Crippen molar-refractivity contribution in [1.82, 2.24) is 9.72 Å². The summed E-state index contributed by atoms with van der Waals surface area (Å²) >= 11 is 0. The van der Waals surface area contributed by atoms with Crippen LogP contribution < -0.4 is 5.32 Å². The zero-order chi connectivity index (χ0) is 8.84. The minimum atomic E-state index is 0.0289. The number of fused-ring (bicyclic) bond motifs is 3. The first kappa shape index (κ1) is 6.71. The monoisotopic (exact) mass is 172 g/mol. The third-order valence-electron chi connectivity index (χ3n) is 2.41. The molecule has 3 rings (SSSR count). The van der Waals surface area contributed by atoms with E-state index in [1.165, 1.54) is 0 Å². The molecule has 64 valence electrons. The van der Waals surface area contributed by atoms with Crippen LogP contribution in [0.15, 0.2) is 30.5 Å². The predicted octanol–water partition coefficient (Wildman–Crippen LogP) is 1.18. The molecule has 0 aliphatic carbocycles. The lowest BCUT2D eigenvalue weighted by Gasteiger charge is -1.96. The van der Waals surface area contributed by atoms with Crippen molar-refractivity contribution >= 4 is 11.4 Å². The minimum absolute atomic E-state index is 0.0289. The molecule has 3 nitrogen and oxygen atoms in total. The van der Waals surface area contributed by atoms with Gasteiger partial charge in [0.2, 0.25) is 0 Å². The van der Waals surface area contributed by atoms with Gasteiger partial charge in [0.1, 0.15) is 5.69 Å². The zero-order valence-corrected chi connectivity index (χ0v) is 6.95. The Labute approximate surface area is 75.0 Å². The molecule has 0 bridgehead atoms. The number of carbonyl (C=O) groups excluding carboxylic acids is 1. The fraction of sp³-hybridized carbons (Fsp3) is 0.100. The van der Waals surface area contributed by atoms with Crippen LogP contribution in [0.1, 0.15) is 16.1 Å². The van der Waals surface area contributed by atoms with Crippen molar-refractivity contribution in [2.45, 2.75) is 6.54 Å². The maximum atomic E-state index is 11.4. The summed E-state index contributed by atoms with van der Waals surface area (Å²) in [6.07, 6.45) is 1.92. The predicted molar refractivity (Wildman–Crippen MR) is 48.6 cm³/mol. The molecule has 0 atom stereocenters. The van der Waals surface area contributed by atoms with Crippen molar-refractivity contribution in [1.29, 1.82) is 0 Å². The largest absolute Gasteiger partial charge is 0.347 e. The number of aromatic nitrogens is 1. The van der Waals surface area contributed by atoms with Crippen LogP contribution in [0, 0.1) is 0 Å². The van der Waals surface area contributed by atoms with Gasteiger partial charge in [-0.25, -0.2) is 0 Å². The fourth-order valence-corrected chi connectivity index (χ4v) is 1.83. The summed E-state index contributed by atoms with van der Waals surface area (Å²) in [6, 6.07) is 7.96. The molecule has 0 spiro atoms. The molecule has 0 fully saturated rings. The van der Waals surface area contributed by atoms with Crippen molar-refractivity contribution in [2.75, 3.05) is 0 Å². The van der Waals surface area contributed by atoms with Crippen molar-refractivity contribution in [2.24, 2.45) is 0 Å². The molecular formula is C10H8N2O. The minimum Gasteiger partial charge on any atom is -0.347 e. The lowest BCUT2D eigenvalue weighted by atomic mass is 10.3. The lowest BCUT2D eigenvalue weighted by molar-refractivity contribution is 0.0960. The SMILES string of the molecule is O=C1NCc2cc3ccccn3c21. The third-order valence-corrected chi connectivity index (χ3v) is 2.41. The number of amides is 1. The second-order valence-corrected chi connectivity index (χ2v) is 3.20. The van der Waals surface area contributed by atoms with Gasteiger partial charge in [-0.2, -0.15) is 0 Å². The molecule has 1 N–H and O–H groups in total. The van der Waals surface area contributed by atoms with E-state index in [0.29, 0.717) is 6.54 Å². The van der Waals surface area contributed by atoms with E-state index >= 15 is 0 Å². The Balaban J connectivity index is 2.46. The van der Waals surface area contributed by atoms with Crippen LogP contribution >= 0.6 is 0 Å². The van der Waals surface area contributed by atoms with Gasteiger partial charge in [0, 0.05) is 23.8 Å². The lowest BCUT2D eigenvalue weighted by Crippen LogP contribution is -2.14. The van der Waals surface area contributed by atoms with Gasteiger partial charge in [-0.15, -0.1) is 0 Å². The van der Waals surface area contributed by atoms with E-state index in [9.17, 15) is 4.79 Å². The first-order valence-corrected chi connectivity index (χ1v) is 4.23. The molecule has 13 heavy (non-hydrogen) atoms. The Morgan fingerprint density at radius 2 is 2.31 bits per heavy atom. The highest BCUT2D eigenvalue weighted by molar-refractivity contribution is 5.98. The van der Waals surface area contributed by atoms with Gasteiger partial charge >= 0.3 is 0 Å². The summed E-state index contributed by atoms with van der Waals surface area (Å²) in [5.41, 5.74) is 2.97. The van der Waals surface area contributed by atoms with Gasteiger partial charge in [0.15, 0.2) is 0 Å². The Hall–Kier alpha value is -1.77. The second kappa shape index (κ2) is 2.13. The highest BCUT2D eigenvalue weighted by Gasteiger charge is 2.22. The molecule has 0 radical (unpaired) electrons. The van der Waals surface area contributed by atoms with E-state index in [1.54, 1.807) is 0 Å². The number of rotatable bonds is 0. The van der Waals surface area contributed by atoms with E-state index in [1.807, 2.05) is 34.9 Å². The number of nitrogens with one attached hydrogen (secondary N) is 1. The van der Waals surface area contributed by atoms with Gasteiger partial charge in [0.05, 0.1) is 0 Å². The topological polar surface area (TPSA) is 33.5 Å². The summed E-state index contributed by atoms with van der Waals surface area (Å²) in [5.74, 6) is 0.0289. The van der Waals surface area contributed by atoms with E-state index < -0.39 is 0 Å². The number of hydrogen-bond acceptors (Lipinski definition) is 1. The third kappa shape index (κ3) is 0.758. The highest BCUT2D eigenvalue weighted by Crippen LogP contribution is 2.20. The van der Waals surface area contributed by atoms with Crippen LogP contribution in [0.25, 0.3) is 5.52 Å². The first-order chi connectivity index (χ1) is 6.36. The number of hydrogen-bond donors (Lipinski definition) is 1. The quantitative estimate of drug-likeness (QED) is 0.636. The van der Waals surface area contributed by atoms with Crippen LogP contribution in [0.3, 0.4) is 0 Å². The molecule has 2 aromatic rings. The number of pyridine rings is 1.